The van der Waals surface area contributed by atoms with Gasteiger partial charge in [0.25, 0.3) is 5.91 Å². The smallest absolute Gasteiger partial charge is 0.273 e. The molecule has 3 rings (SSSR count). The molecule has 11 heteroatoms. The minimum atomic E-state index is -3.25. The maximum Gasteiger partial charge on any atom is 0.273 e. The number of fused-ring (bicyclic) bond motifs is 1. The molecule has 1 heterocycles. The lowest BCUT2D eigenvalue weighted by Gasteiger charge is -2.30. The predicted molar refractivity (Wildman–Crippen MR) is 134 cm³/mol. The van der Waals surface area contributed by atoms with Crippen LogP contribution in [0, 0.1) is 11.2 Å². The first-order valence-electron chi connectivity index (χ1n) is 10.9. The van der Waals surface area contributed by atoms with E-state index in [0.29, 0.717) is 22.5 Å². The molecule has 1 aromatic heterocycles. The quantitative estimate of drug-likeness (QED) is 0.472. The van der Waals surface area contributed by atoms with Gasteiger partial charge in [-0.15, -0.1) is 0 Å². The van der Waals surface area contributed by atoms with Crippen molar-refractivity contribution in [1.82, 2.24) is 20.4 Å². The Morgan fingerprint density at radius 2 is 1.80 bits per heavy atom. The number of carbonyl (C=O) groups is 2. The van der Waals surface area contributed by atoms with E-state index >= 15 is 0 Å². The van der Waals surface area contributed by atoms with Crippen molar-refractivity contribution in [2.24, 2.45) is 5.41 Å². The predicted octanol–water partition coefficient (Wildman–Crippen LogP) is 3.18. The van der Waals surface area contributed by atoms with E-state index in [9.17, 15) is 22.4 Å². The minimum absolute atomic E-state index is 0.0645. The summed E-state index contributed by atoms with van der Waals surface area (Å²) < 4.78 is 37.7. The molecule has 0 aliphatic rings. The monoisotopic (exact) mass is 522 g/mol. The molecule has 0 fully saturated rings. The molecule has 3 aromatic rings. The highest BCUT2D eigenvalue weighted by Crippen LogP contribution is 2.25. The van der Waals surface area contributed by atoms with Gasteiger partial charge in [0.1, 0.15) is 21.7 Å². The molecule has 2 aromatic carbocycles. The molecule has 0 spiro atoms. The lowest BCUT2D eigenvalue weighted by molar-refractivity contribution is -0.125. The summed E-state index contributed by atoms with van der Waals surface area (Å²) >= 11 is 6.18. The zero-order chi connectivity index (χ0) is 26.0. The van der Waals surface area contributed by atoms with E-state index in [-0.39, 0.29) is 23.8 Å². The Morgan fingerprint density at radius 3 is 2.40 bits per heavy atom. The molecular formula is C24H28ClFN4O4S. The molecule has 2 amide bonds. The van der Waals surface area contributed by atoms with Crippen LogP contribution in [0.2, 0.25) is 5.02 Å². The van der Waals surface area contributed by atoms with E-state index in [1.807, 2.05) is 0 Å². The Hall–Kier alpha value is -2.98. The number of sulfone groups is 1. The number of nitrogens with zero attached hydrogens (tertiary/aromatic N) is 2. The standard InChI is InChI=1S/C24H28ClFN4O4S/c1-24(2,3)21(23(32)27-11-12-35(4,33)34)28-22(31)20-18-13-16(25)7-10-19(18)30(29-20)14-15-5-8-17(26)9-6-15/h5-10,13,21H,11-12,14H2,1-4H3,(H,27,32)(H,28,31)/t21-/m1/s1. The first-order valence-corrected chi connectivity index (χ1v) is 13.4. The van der Waals surface area contributed by atoms with E-state index in [4.69, 9.17) is 11.6 Å². The van der Waals surface area contributed by atoms with Crippen molar-refractivity contribution in [3.63, 3.8) is 0 Å². The molecule has 1 atom stereocenters. The summed E-state index contributed by atoms with van der Waals surface area (Å²) in [7, 11) is -3.25. The lowest BCUT2D eigenvalue weighted by Crippen LogP contribution is -2.54. The number of nitrogens with one attached hydrogen (secondary N) is 2. The van der Waals surface area contributed by atoms with Crippen molar-refractivity contribution in [2.75, 3.05) is 18.6 Å². The largest absolute Gasteiger partial charge is 0.353 e. The van der Waals surface area contributed by atoms with Gasteiger partial charge >= 0.3 is 0 Å². The molecule has 0 unspecified atom stereocenters. The van der Waals surface area contributed by atoms with Crippen molar-refractivity contribution in [2.45, 2.75) is 33.4 Å². The summed E-state index contributed by atoms with van der Waals surface area (Å²) in [6.07, 6.45) is 1.08. The van der Waals surface area contributed by atoms with E-state index < -0.39 is 33.1 Å². The number of hydrogen-bond acceptors (Lipinski definition) is 5. The summed E-state index contributed by atoms with van der Waals surface area (Å²) in [5.74, 6) is -1.63. The van der Waals surface area contributed by atoms with Gasteiger partial charge in [-0.2, -0.15) is 5.10 Å². The number of aromatic nitrogens is 2. The zero-order valence-corrected chi connectivity index (χ0v) is 21.5. The van der Waals surface area contributed by atoms with E-state index in [1.165, 1.54) is 12.1 Å². The highest BCUT2D eigenvalue weighted by molar-refractivity contribution is 7.90. The van der Waals surface area contributed by atoms with Gasteiger partial charge in [0.2, 0.25) is 5.91 Å². The first kappa shape index (κ1) is 26.6. The first-order chi connectivity index (χ1) is 16.2. The average Bonchev–Trinajstić information content (AvgIpc) is 3.09. The Kier molecular flexibility index (Phi) is 7.86. The summed E-state index contributed by atoms with van der Waals surface area (Å²) in [5.41, 5.74) is 0.849. The van der Waals surface area contributed by atoms with Crippen LogP contribution in [0.3, 0.4) is 0 Å². The number of amides is 2. The van der Waals surface area contributed by atoms with Gasteiger partial charge in [0.05, 0.1) is 17.8 Å². The number of rotatable bonds is 8. The molecule has 188 valence electrons. The Bertz CT molecular complexity index is 1350. The molecule has 2 N–H and O–H groups in total. The van der Waals surface area contributed by atoms with Crippen LogP contribution in [-0.2, 0) is 21.2 Å². The highest BCUT2D eigenvalue weighted by Gasteiger charge is 2.34. The van der Waals surface area contributed by atoms with Crippen LogP contribution in [0.1, 0.15) is 36.8 Å². The molecule has 0 bridgehead atoms. The summed E-state index contributed by atoms with van der Waals surface area (Å²) in [6.45, 7) is 5.59. The average molecular weight is 523 g/mol. The van der Waals surface area contributed by atoms with Crippen molar-refractivity contribution in [1.29, 1.82) is 0 Å². The van der Waals surface area contributed by atoms with E-state index in [1.54, 1.807) is 55.8 Å². The third-order valence-electron chi connectivity index (χ3n) is 5.35. The maximum absolute atomic E-state index is 13.3. The molecule has 35 heavy (non-hydrogen) atoms. The van der Waals surface area contributed by atoms with Crippen molar-refractivity contribution in [3.05, 3.63) is 64.6 Å². The summed E-state index contributed by atoms with van der Waals surface area (Å²) in [4.78, 5) is 26.2. The van der Waals surface area contributed by atoms with Crippen LogP contribution >= 0.6 is 11.6 Å². The second-order valence-electron chi connectivity index (χ2n) is 9.49. The maximum atomic E-state index is 13.3. The Labute approximate surface area is 208 Å². The molecule has 0 saturated heterocycles. The van der Waals surface area contributed by atoms with Gasteiger partial charge in [-0.25, -0.2) is 12.8 Å². The lowest BCUT2D eigenvalue weighted by atomic mass is 9.86. The topological polar surface area (TPSA) is 110 Å². The molecule has 0 saturated carbocycles. The molecule has 0 aliphatic carbocycles. The van der Waals surface area contributed by atoms with Gasteiger partial charge in [0, 0.05) is 23.2 Å². The third-order valence-corrected chi connectivity index (χ3v) is 6.53. The van der Waals surface area contributed by atoms with Crippen LogP contribution in [0.4, 0.5) is 4.39 Å². The van der Waals surface area contributed by atoms with Crippen LogP contribution in [-0.4, -0.2) is 54.6 Å². The number of benzene rings is 2. The number of hydrogen-bond donors (Lipinski definition) is 2. The minimum Gasteiger partial charge on any atom is -0.353 e. The number of carbonyl (C=O) groups excluding carboxylic acids is 2. The molecule has 0 aliphatic heterocycles. The fraction of sp³-hybridized carbons (Fsp3) is 0.375. The van der Waals surface area contributed by atoms with Crippen molar-refractivity contribution in [3.8, 4) is 0 Å². The van der Waals surface area contributed by atoms with Crippen LogP contribution < -0.4 is 10.6 Å². The van der Waals surface area contributed by atoms with Gasteiger partial charge in [0.15, 0.2) is 5.69 Å². The van der Waals surface area contributed by atoms with Crippen LogP contribution in [0.5, 0.6) is 0 Å². The normalized spacial score (nSPS) is 13.0. The SMILES string of the molecule is CC(C)(C)[C@H](NC(=O)c1nn(Cc2ccc(F)cc2)c2ccc(Cl)cc12)C(=O)NCCS(C)(=O)=O. The molecule has 0 radical (unpaired) electrons. The van der Waals surface area contributed by atoms with Crippen molar-refractivity contribution < 1.29 is 22.4 Å². The van der Waals surface area contributed by atoms with Gasteiger partial charge in [-0.05, 0) is 41.3 Å². The fourth-order valence-corrected chi connectivity index (χ4v) is 4.18. The van der Waals surface area contributed by atoms with Crippen LogP contribution in [0.25, 0.3) is 10.9 Å². The molecule has 8 nitrogen and oxygen atoms in total. The van der Waals surface area contributed by atoms with Gasteiger partial charge < -0.3 is 10.6 Å². The van der Waals surface area contributed by atoms with E-state index in [0.717, 1.165) is 11.8 Å². The van der Waals surface area contributed by atoms with Crippen molar-refractivity contribution >= 4 is 44.2 Å². The van der Waals surface area contributed by atoms with Crippen LogP contribution in [0.15, 0.2) is 42.5 Å². The van der Waals surface area contributed by atoms with E-state index in [2.05, 4.69) is 15.7 Å². The highest BCUT2D eigenvalue weighted by atomic mass is 35.5. The second kappa shape index (κ2) is 10.3. The fourth-order valence-electron chi connectivity index (χ4n) is 3.54. The second-order valence-corrected chi connectivity index (χ2v) is 12.2. The Morgan fingerprint density at radius 1 is 1.14 bits per heavy atom. The zero-order valence-electron chi connectivity index (χ0n) is 19.9. The third kappa shape index (κ3) is 7.02. The summed E-state index contributed by atoms with van der Waals surface area (Å²) in [6, 6.07) is 10.1. The Balaban J connectivity index is 1.90. The van der Waals surface area contributed by atoms with Gasteiger partial charge in [-0.3, -0.25) is 14.3 Å². The number of halogens is 2. The summed E-state index contributed by atoms with van der Waals surface area (Å²) in [5, 5.41) is 10.7. The van der Waals surface area contributed by atoms with Gasteiger partial charge in [-0.1, -0.05) is 44.5 Å². The molecular weight excluding hydrogens is 495 g/mol.